The zero-order valence-corrected chi connectivity index (χ0v) is 10.8. The van der Waals surface area contributed by atoms with E-state index in [0.29, 0.717) is 23.7 Å². The average molecular weight is 256 g/mol. The topological polar surface area (TPSA) is 35.5 Å². The monoisotopic (exact) mass is 256 g/mol. The molecule has 0 aliphatic carbocycles. The van der Waals surface area contributed by atoms with Crippen LogP contribution in [0, 0.1) is 0 Å². The number of rotatable bonds is 6. The first-order chi connectivity index (χ1) is 9.35. The van der Waals surface area contributed by atoms with Crippen molar-refractivity contribution < 1.29 is 14.3 Å². The Bertz CT molecular complexity index is 535. The molecule has 0 N–H and O–H groups in total. The Labute approximate surface area is 112 Å². The van der Waals surface area contributed by atoms with E-state index in [1.165, 1.54) is 5.56 Å². The van der Waals surface area contributed by atoms with Crippen LogP contribution in [0.25, 0.3) is 0 Å². The van der Waals surface area contributed by atoms with Crippen molar-refractivity contribution in [3.05, 3.63) is 59.7 Å². The maximum absolute atomic E-state index is 11.0. The van der Waals surface area contributed by atoms with Gasteiger partial charge in [-0.15, -0.1) is 0 Å². The highest BCUT2D eigenvalue weighted by molar-refractivity contribution is 5.81. The number of aldehydes is 1. The standard InChI is InChI=1S/C16H16O3/c1-18-15-9-5-8-14(12-17)16(15)19-11-10-13-6-3-2-4-7-13/h2-9,12H,10-11H2,1H3. The Hall–Kier alpha value is -2.29. The fourth-order valence-electron chi connectivity index (χ4n) is 1.86. The summed E-state index contributed by atoms with van der Waals surface area (Å²) >= 11 is 0. The summed E-state index contributed by atoms with van der Waals surface area (Å²) < 4.78 is 10.9. The predicted molar refractivity (Wildman–Crippen MR) is 74.0 cm³/mol. The molecule has 0 radical (unpaired) electrons. The van der Waals surface area contributed by atoms with Gasteiger partial charge in [-0.05, 0) is 17.7 Å². The molecule has 3 heteroatoms. The van der Waals surface area contributed by atoms with E-state index in [1.807, 2.05) is 30.3 Å². The third-order valence-electron chi connectivity index (χ3n) is 2.84. The molecule has 2 aromatic rings. The van der Waals surface area contributed by atoms with Crippen LogP contribution in [0.1, 0.15) is 15.9 Å². The van der Waals surface area contributed by atoms with Crippen LogP contribution in [-0.4, -0.2) is 20.0 Å². The minimum Gasteiger partial charge on any atom is -0.493 e. The summed E-state index contributed by atoms with van der Waals surface area (Å²) in [5, 5.41) is 0. The molecule has 2 rings (SSSR count). The van der Waals surface area contributed by atoms with Gasteiger partial charge in [-0.2, -0.15) is 0 Å². The Balaban J connectivity index is 2.05. The van der Waals surface area contributed by atoms with E-state index in [1.54, 1.807) is 25.3 Å². The van der Waals surface area contributed by atoms with Crippen molar-refractivity contribution in [1.82, 2.24) is 0 Å². The molecule has 0 fully saturated rings. The first-order valence-electron chi connectivity index (χ1n) is 6.14. The van der Waals surface area contributed by atoms with Gasteiger partial charge in [0.1, 0.15) is 0 Å². The van der Waals surface area contributed by atoms with Gasteiger partial charge in [0.05, 0.1) is 19.3 Å². The summed E-state index contributed by atoms with van der Waals surface area (Å²) in [6, 6.07) is 15.3. The average Bonchev–Trinajstić information content (AvgIpc) is 2.48. The van der Waals surface area contributed by atoms with Crippen molar-refractivity contribution in [1.29, 1.82) is 0 Å². The molecule has 98 valence electrons. The summed E-state index contributed by atoms with van der Waals surface area (Å²) in [4.78, 5) is 11.0. The zero-order valence-electron chi connectivity index (χ0n) is 10.8. The lowest BCUT2D eigenvalue weighted by molar-refractivity contribution is 0.111. The molecule has 0 aliphatic heterocycles. The summed E-state index contributed by atoms with van der Waals surface area (Å²) in [6.45, 7) is 0.505. The molecule has 0 saturated carbocycles. The summed E-state index contributed by atoms with van der Waals surface area (Å²) in [5.74, 6) is 1.09. The highest BCUT2D eigenvalue weighted by Gasteiger charge is 2.09. The molecule has 0 amide bonds. The Morgan fingerprint density at radius 2 is 1.84 bits per heavy atom. The van der Waals surface area contributed by atoms with E-state index in [-0.39, 0.29) is 0 Å². The molecule has 0 unspecified atom stereocenters. The quantitative estimate of drug-likeness (QED) is 0.745. The van der Waals surface area contributed by atoms with Gasteiger partial charge in [-0.1, -0.05) is 36.4 Å². The second-order valence-electron chi connectivity index (χ2n) is 4.08. The van der Waals surface area contributed by atoms with E-state index >= 15 is 0 Å². The number of para-hydroxylation sites is 1. The molecule has 0 spiro atoms. The maximum atomic E-state index is 11.0. The van der Waals surface area contributed by atoms with E-state index in [0.717, 1.165) is 12.7 Å². The fourth-order valence-corrected chi connectivity index (χ4v) is 1.86. The molecule has 2 aromatic carbocycles. The lowest BCUT2D eigenvalue weighted by Gasteiger charge is -2.12. The molecule has 19 heavy (non-hydrogen) atoms. The van der Waals surface area contributed by atoms with Crippen LogP contribution in [0.3, 0.4) is 0 Å². The van der Waals surface area contributed by atoms with Crippen LogP contribution in [0.2, 0.25) is 0 Å². The molecular weight excluding hydrogens is 240 g/mol. The van der Waals surface area contributed by atoms with Crippen LogP contribution in [0.5, 0.6) is 11.5 Å². The highest BCUT2D eigenvalue weighted by Crippen LogP contribution is 2.30. The Morgan fingerprint density at radius 1 is 1.05 bits per heavy atom. The van der Waals surface area contributed by atoms with E-state index < -0.39 is 0 Å². The van der Waals surface area contributed by atoms with Crippen LogP contribution in [0.15, 0.2) is 48.5 Å². The van der Waals surface area contributed by atoms with Gasteiger partial charge >= 0.3 is 0 Å². The van der Waals surface area contributed by atoms with Gasteiger partial charge in [0, 0.05) is 6.42 Å². The molecule has 0 aromatic heterocycles. The van der Waals surface area contributed by atoms with Crippen molar-refractivity contribution in [2.24, 2.45) is 0 Å². The lowest BCUT2D eigenvalue weighted by Crippen LogP contribution is -2.04. The number of carbonyl (C=O) groups is 1. The third kappa shape index (κ3) is 3.35. The number of benzene rings is 2. The molecule has 0 saturated heterocycles. The molecular formula is C16H16O3. The maximum Gasteiger partial charge on any atom is 0.171 e. The minimum absolute atomic E-state index is 0.505. The fraction of sp³-hybridized carbons (Fsp3) is 0.188. The Morgan fingerprint density at radius 3 is 2.53 bits per heavy atom. The number of methoxy groups -OCH3 is 1. The Kier molecular flexibility index (Phi) is 4.56. The van der Waals surface area contributed by atoms with Crippen LogP contribution in [-0.2, 0) is 6.42 Å². The normalized spacial score (nSPS) is 9.95. The predicted octanol–water partition coefficient (Wildman–Crippen LogP) is 3.13. The van der Waals surface area contributed by atoms with Crippen molar-refractivity contribution in [2.45, 2.75) is 6.42 Å². The van der Waals surface area contributed by atoms with Gasteiger partial charge in [0.2, 0.25) is 0 Å². The van der Waals surface area contributed by atoms with E-state index in [4.69, 9.17) is 9.47 Å². The molecule has 3 nitrogen and oxygen atoms in total. The summed E-state index contributed by atoms with van der Waals surface area (Å²) in [5.41, 5.74) is 1.71. The van der Waals surface area contributed by atoms with Crippen molar-refractivity contribution in [3.8, 4) is 11.5 Å². The second-order valence-corrected chi connectivity index (χ2v) is 4.08. The van der Waals surface area contributed by atoms with Crippen molar-refractivity contribution >= 4 is 6.29 Å². The molecule has 0 aliphatic rings. The molecule has 0 atom stereocenters. The first-order valence-corrected chi connectivity index (χ1v) is 6.14. The van der Waals surface area contributed by atoms with Crippen molar-refractivity contribution in [3.63, 3.8) is 0 Å². The number of ether oxygens (including phenoxy) is 2. The van der Waals surface area contributed by atoms with Gasteiger partial charge in [0.25, 0.3) is 0 Å². The number of carbonyl (C=O) groups excluding carboxylic acids is 1. The van der Waals surface area contributed by atoms with E-state index in [9.17, 15) is 4.79 Å². The van der Waals surface area contributed by atoms with Gasteiger partial charge < -0.3 is 9.47 Å². The largest absolute Gasteiger partial charge is 0.493 e. The van der Waals surface area contributed by atoms with Gasteiger partial charge in [0.15, 0.2) is 17.8 Å². The molecule has 0 heterocycles. The number of hydrogen-bond donors (Lipinski definition) is 0. The van der Waals surface area contributed by atoms with Crippen LogP contribution < -0.4 is 9.47 Å². The van der Waals surface area contributed by atoms with Gasteiger partial charge in [-0.25, -0.2) is 0 Å². The summed E-state index contributed by atoms with van der Waals surface area (Å²) in [7, 11) is 1.56. The zero-order chi connectivity index (χ0) is 13.5. The van der Waals surface area contributed by atoms with Crippen LogP contribution in [0.4, 0.5) is 0 Å². The SMILES string of the molecule is COc1cccc(C=O)c1OCCc1ccccc1. The lowest BCUT2D eigenvalue weighted by atomic mass is 10.1. The van der Waals surface area contributed by atoms with Crippen LogP contribution >= 0.6 is 0 Å². The first kappa shape index (κ1) is 13.1. The van der Waals surface area contributed by atoms with Crippen molar-refractivity contribution in [2.75, 3.05) is 13.7 Å². The van der Waals surface area contributed by atoms with E-state index in [2.05, 4.69) is 0 Å². The minimum atomic E-state index is 0.505. The molecule has 0 bridgehead atoms. The van der Waals surface area contributed by atoms with Gasteiger partial charge in [-0.3, -0.25) is 4.79 Å². The highest BCUT2D eigenvalue weighted by atomic mass is 16.5. The third-order valence-corrected chi connectivity index (χ3v) is 2.84. The summed E-state index contributed by atoms with van der Waals surface area (Å²) in [6.07, 6.45) is 1.57. The number of hydrogen-bond acceptors (Lipinski definition) is 3. The second kappa shape index (κ2) is 6.59. The smallest absolute Gasteiger partial charge is 0.171 e.